The second-order valence-corrected chi connectivity index (χ2v) is 9.58. The predicted molar refractivity (Wildman–Crippen MR) is 133 cm³/mol. The Hall–Kier alpha value is -3.13. The third kappa shape index (κ3) is 5.59. The Labute approximate surface area is 207 Å². The molecule has 8 heteroatoms. The molecule has 8 nitrogen and oxygen atoms in total. The first-order chi connectivity index (χ1) is 16.6. The molecular weight excluding hydrogens is 448 g/mol. The minimum Gasteiger partial charge on any atom is -0.468 e. The third-order valence-corrected chi connectivity index (χ3v) is 6.47. The maximum Gasteiger partial charge on any atom is 0.336 e. The number of rotatable bonds is 8. The molecule has 0 unspecified atom stereocenters. The van der Waals surface area contributed by atoms with Crippen molar-refractivity contribution in [2.75, 3.05) is 39.3 Å². The van der Waals surface area contributed by atoms with E-state index in [1.165, 1.54) is 7.11 Å². The van der Waals surface area contributed by atoms with Crippen LogP contribution in [0.2, 0.25) is 0 Å². The van der Waals surface area contributed by atoms with Gasteiger partial charge >= 0.3 is 11.9 Å². The third-order valence-electron chi connectivity index (χ3n) is 6.47. The zero-order valence-corrected chi connectivity index (χ0v) is 21.6. The van der Waals surface area contributed by atoms with Gasteiger partial charge in [-0.3, -0.25) is 9.59 Å². The summed E-state index contributed by atoms with van der Waals surface area (Å²) in [7, 11) is 5.17. The van der Waals surface area contributed by atoms with E-state index in [4.69, 9.17) is 14.2 Å². The van der Waals surface area contributed by atoms with Crippen molar-refractivity contribution in [3.63, 3.8) is 0 Å². The fourth-order valence-corrected chi connectivity index (χ4v) is 4.75. The molecule has 2 aliphatic rings. The lowest BCUT2D eigenvalue weighted by Crippen LogP contribution is -2.43. The van der Waals surface area contributed by atoms with Crippen molar-refractivity contribution >= 4 is 23.4 Å². The lowest BCUT2D eigenvalue weighted by Gasteiger charge is -2.38. The Kier molecular flexibility index (Phi) is 8.38. The Morgan fingerprint density at radius 1 is 1.14 bits per heavy atom. The van der Waals surface area contributed by atoms with Gasteiger partial charge < -0.3 is 24.4 Å². The molecule has 1 aliphatic carbocycles. The zero-order valence-electron chi connectivity index (χ0n) is 21.6. The molecule has 0 aromatic heterocycles. The minimum absolute atomic E-state index is 0.0266. The number of allylic oxidation sites excluding steroid dienone is 3. The Morgan fingerprint density at radius 2 is 1.80 bits per heavy atom. The van der Waals surface area contributed by atoms with Crippen molar-refractivity contribution in [2.24, 2.45) is 11.8 Å². The van der Waals surface area contributed by atoms with Gasteiger partial charge in [0.25, 0.3) is 0 Å². The summed E-state index contributed by atoms with van der Waals surface area (Å²) < 4.78 is 16.0. The highest BCUT2D eigenvalue weighted by Crippen LogP contribution is 2.45. The molecular formula is C27H36N2O6. The maximum atomic E-state index is 13.7. The highest BCUT2D eigenvalue weighted by Gasteiger charge is 2.47. The van der Waals surface area contributed by atoms with Crippen LogP contribution in [0.25, 0.3) is 0 Å². The number of nitrogens with one attached hydrogen (secondary N) is 1. The number of dihydropyridines is 1. The molecule has 0 bridgehead atoms. The summed E-state index contributed by atoms with van der Waals surface area (Å²) in [6.45, 7) is 7.88. The van der Waals surface area contributed by atoms with Gasteiger partial charge in [-0.1, -0.05) is 19.1 Å². The second-order valence-electron chi connectivity index (χ2n) is 9.58. The van der Waals surface area contributed by atoms with Crippen LogP contribution < -0.4 is 10.2 Å². The summed E-state index contributed by atoms with van der Waals surface area (Å²) >= 11 is 0. The molecule has 0 saturated carbocycles. The van der Waals surface area contributed by atoms with E-state index in [9.17, 15) is 14.4 Å². The minimum atomic E-state index is -0.917. The molecule has 1 heterocycles. The zero-order chi connectivity index (χ0) is 25.9. The molecule has 1 aromatic rings. The number of ketones is 1. The molecule has 3 rings (SSSR count). The topological polar surface area (TPSA) is 94.2 Å². The van der Waals surface area contributed by atoms with Gasteiger partial charge in [-0.2, -0.15) is 0 Å². The molecule has 0 fully saturated rings. The second kappa shape index (κ2) is 11.1. The molecule has 190 valence electrons. The molecule has 35 heavy (non-hydrogen) atoms. The number of benzene rings is 1. The van der Waals surface area contributed by atoms with Crippen molar-refractivity contribution in [3.8, 4) is 0 Å². The molecule has 3 atom stereocenters. The number of anilines is 1. The number of hydrogen-bond donors (Lipinski definition) is 1. The summed E-state index contributed by atoms with van der Waals surface area (Å²) in [6, 6.07) is 7.72. The quantitative estimate of drug-likeness (QED) is 0.341. The van der Waals surface area contributed by atoms with E-state index in [0.29, 0.717) is 23.3 Å². The standard InChI is InChI=1S/C27H36N2O6/c1-15(2)34-12-13-35-27(32)22-17(4)28-20-14-16(3)21(26(31)33-7)25(30)24(20)23(22)18-8-10-19(11-9-18)29(5)6/h8-11,15-16,21,23,28H,12-14H2,1-7H3/t16-,21-,23-/m1/s1. The average molecular weight is 485 g/mol. The smallest absolute Gasteiger partial charge is 0.336 e. The summed E-state index contributed by atoms with van der Waals surface area (Å²) in [5.74, 6) is -3.20. The summed E-state index contributed by atoms with van der Waals surface area (Å²) in [5, 5.41) is 3.27. The Morgan fingerprint density at radius 3 is 2.37 bits per heavy atom. The molecule has 0 spiro atoms. The van der Waals surface area contributed by atoms with Gasteiger partial charge in [-0.15, -0.1) is 0 Å². The lowest BCUT2D eigenvalue weighted by molar-refractivity contribution is -0.151. The van der Waals surface area contributed by atoms with Crippen molar-refractivity contribution in [2.45, 2.75) is 46.1 Å². The molecule has 1 aromatic carbocycles. The molecule has 1 aliphatic heterocycles. The van der Waals surface area contributed by atoms with Crippen LogP contribution >= 0.6 is 0 Å². The van der Waals surface area contributed by atoms with E-state index < -0.39 is 23.8 Å². The van der Waals surface area contributed by atoms with Gasteiger partial charge in [0.05, 0.1) is 25.4 Å². The van der Waals surface area contributed by atoms with Crippen molar-refractivity contribution in [1.29, 1.82) is 0 Å². The van der Waals surface area contributed by atoms with Gasteiger partial charge in [-0.25, -0.2) is 4.79 Å². The number of esters is 2. The first-order valence-electron chi connectivity index (χ1n) is 12.0. The highest BCUT2D eigenvalue weighted by atomic mass is 16.6. The van der Waals surface area contributed by atoms with Gasteiger partial charge in [0.1, 0.15) is 12.5 Å². The number of nitrogens with zero attached hydrogens (tertiary/aromatic N) is 1. The van der Waals surface area contributed by atoms with Gasteiger partial charge in [0, 0.05) is 42.7 Å². The van der Waals surface area contributed by atoms with Crippen molar-refractivity contribution < 1.29 is 28.6 Å². The number of methoxy groups -OCH3 is 1. The van der Waals surface area contributed by atoms with Crippen molar-refractivity contribution in [3.05, 3.63) is 52.4 Å². The van der Waals surface area contributed by atoms with Crippen LogP contribution in [-0.2, 0) is 28.6 Å². The van der Waals surface area contributed by atoms with Crippen LogP contribution in [0.5, 0.6) is 0 Å². The number of Topliss-reactive ketones (excluding diaryl/α,β-unsaturated/α-hetero) is 1. The fraction of sp³-hybridized carbons (Fsp3) is 0.519. The predicted octanol–water partition coefficient (Wildman–Crippen LogP) is 3.33. The van der Waals surface area contributed by atoms with E-state index in [2.05, 4.69) is 5.32 Å². The molecule has 0 saturated heterocycles. The maximum absolute atomic E-state index is 13.7. The van der Waals surface area contributed by atoms with E-state index >= 15 is 0 Å². The van der Waals surface area contributed by atoms with Crippen molar-refractivity contribution in [1.82, 2.24) is 5.32 Å². The summed E-state index contributed by atoms with van der Waals surface area (Å²) in [5.41, 5.74) is 3.92. The largest absolute Gasteiger partial charge is 0.468 e. The van der Waals surface area contributed by atoms with Gasteiger partial charge in [0.15, 0.2) is 5.78 Å². The van der Waals surface area contributed by atoms with Gasteiger partial charge in [-0.05, 0) is 50.8 Å². The van der Waals surface area contributed by atoms with E-state index in [-0.39, 0.29) is 31.0 Å². The first kappa shape index (κ1) is 26.5. The SMILES string of the molecule is COC(=O)[C@H]1C(=O)C2=C(C[C@H]1C)NC(C)=C(C(=O)OCCOC(C)C)[C@H]2c1ccc(N(C)C)cc1. The molecule has 1 N–H and O–H groups in total. The molecule has 0 radical (unpaired) electrons. The van der Waals surface area contributed by atoms with E-state index in [1.54, 1.807) is 0 Å². The van der Waals surface area contributed by atoms with Gasteiger partial charge in [0.2, 0.25) is 0 Å². The summed E-state index contributed by atoms with van der Waals surface area (Å²) in [4.78, 5) is 41.6. The lowest BCUT2D eigenvalue weighted by atomic mass is 9.69. The highest BCUT2D eigenvalue weighted by molar-refractivity contribution is 6.12. The van der Waals surface area contributed by atoms with Crippen LogP contribution in [0.3, 0.4) is 0 Å². The van der Waals surface area contributed by atoms with E-state index in [1.807, 2.05) is 71.0 Å². The average Bonchev–Trinajstić information content (AvgIpc) is 2.80. The van der Waals surface area contributed by atoms with Crippen LogP contribution in [0.1, 0.15) is 45.6 Å². The Balaban J connectivity index is 2.05. The van der Waals surface area contributed by atoms with Crippen LogP contribution in [0, 0.1) is 11.8 Å². The van der Waals surface area contributed by atoms with Crippen LogP contribution in [0.15, 0.2) is 46.8 Å². The Bertz CT molecular complexity index is 1040. The van der Waals surface area contributed by atoms with Crippen LogP contribution in [-0.4, -0.2) is 58.2 Å². The van der Waals surface area contributed by atoms with Crippen LogP contribution in [0.4, 0.5) is 5.69 Å². The first-order valence-corrected chi connectivity index (χ1v) is 12.0. The molecule has 0 amide bonds. The normalized spacial score (nSPS) is 22.1. The number of ether oxygens (including phenoxy) is 3. The summed E-state index contributed by atoms with van der Waals surface area (Å²) in [6.07, 6.45) is 0.522. The number of hydrogen-bond acceptors (Lipinski definition) is 8. The monoisotopic (exact) mass is 484 g/mol. The van der Waals surface area contributed by atoms with E-state index in [0.717, 1.165) is 16.9 Å². The number of carbonyl (C=O) groups excluding carboxylic acids is 3. The number of carbonyl (C=O) groups is 3. The fourth-order valence-electron chi connectivity index (χ4n) is 4.75.